The zero-order valence-corrected chi connectivity index (χ0v) is 15.1. The van der Waals surface area contributed by atoms with Crippen molar-refractivity contribution in [2.75, 3.05) is 0 Å². The SMILES string of the molecule is Cn1ncc2c(SC(c3ccccc3)c3ccc(Cl)cc3)ncnc21. The molecule has 4 nitrogen and oxygen atoms in total. The summed E-state index contributed by atoms with van der Waals surface area (Å²) >= 11 is 7.76. The van der Waals surface area contributed by atoms with Crippen molar-refractivity contribution in [2.24, 2.45) is 7.05 Å². The standard InChI is InChI=1S/C19H15ClN4S/c1-24-18-16(11-23-24)19(22-12-21-18)25-17(13-5-3-2-4-6-13)14-7-9-15(20)10-8-14/h2-12,17H,1H3. The molecule has 0 spiro atoms. The lowest BCUT2D eigenvalue weighted by Crippen LogP contribution is -1.98. The third-order valence-electron chi connectivity index (χ3n) is 4.00. The molecule has 0 N–H and O–H groups in total. The molecule has 2 aromatic heterocycles. The van der Waals surface area contributed by atoms with E-state index in [9.17, 15) is 0 Å². The molecule has 124 valence electrons. The maximum absolute atomic E-state index is 6.06. The number of benzene rings is 2. The number of rotatable bonds is 4. The Hall–Kier alpha value is -2.37. The molecule has 2 heterocycles. The minimum atomic E-state index is 0.108. The van der Waals surface area contributed by atoms with Crippen LogP contribution in [0.3, 0.4) is 0 Å². The summed E-state index contributed by atoms with van der Waals surface area (Å²) in [6.45, 7) is 0. The molecule has 0 amide bonds. The Kier molecular flexibility index (Phi) is 4.42. The Bertz CT molecular complexity index is 999. The highest BCUT2D eigenvalue weighted by atomic mass is 35.5. The molecule has 0 aliphatic carbocycles. The van der Waals surface area contributed by atoms with Gasteiger partial charge in [-0.3, -0.25) is 4.68 Å². The molecule has 0 radical (unpaired) electrons. The van der Waals surface area contributed by atoms with Crippen molar-refractivity contribution in [3.05, 3.63) is 83.3 Å². The van der Waals surface area contributed by atoms with Crippen LogP contribution in [0.15, 0.2) is 72.1 Å². The van der Waals surface area contributed by atoms with Crippen LogP contribution in [0.2, 0.25) is 5.02 Å². The fourth-order valence-electron chi connectivity index (χ4n) is 2.74. The first-order valence-electron chi connectivity index (χ1n) is 7.82. The predicted octanol–water partition coefficient (Wildman–Crippen LogP) is 4.90. The van der Waals surface area contributed by atoms with Crippen LogP contribution in [0.4, 0.5) is 0 Å². The van der Waals surface area contributed by atoms with Crippen LogP contribution in [-0.4, -0.2) is 19.7 Å². The van der Waals surface area contributed by atoms with Crippen molar-refractivity contribution in [3.8, 4) is 0 Å². The van der Waals surface area contributed by atoms with Crippen molar-refractivity contribution in [2.45, 2.75) is 10.3 Å². The minimum absolute atomic E-state index is 0.108. The molecular formula is C19H15ClN4S. The molecule has 4 aromatic rings. The van der Waals surface area contributed by atoms with Crippen LogP contribution in [0, 0.1) is 0 Å². The predicted molar refractivity (Wildman–Crippen MR) is 102 cm³/mol. The zero-order valence-electron chi connectivity index (χ0n) is 13.5. The van der Waals surface area contributed by atoms with E-state index in [0.29, 0.717) is 0 Å². The Balaban J connectivity index is 1.79. The number of halogens is 1. The number of nitrogens with zero attached hydrogens (tertiary/aromatic N) is 4. The van der Waals surface area contributed by atoms with E-state index in [2.05, 4.69) is 51.5 Å². The van der Waals surface area contributed by atoms with Gasteiger partial charge in [0.25, 0.3) is 0 Å². The van der Waals surface area contributed by atoms with E-state index in [1.165, 1.54) is 11.1 Å². The van der Waals surface area contributed by atoms with E-state index in [0.717, 1.165) is 21.1 Å². The van der Waals surface area contributed by atoms with Gasteiger partial charge in [0.15, 0.2) is 5.65 Å². The van der Waals surface area contributed by atoms with Gasteiger partial charge in [-0.1, -0.05) is 65.8 Å². The van der Waals surface area contributed by atoms with Gasteiger partial charge in [-0.25, -0.2) is 9.97 Å². The fourth-order valence-corrected chi connectivity index (χ4v) is 4.05. The van der Waals surface area contributed by atoms with Gasteiger partial charge in [-0.2, -0.15) is 5.10 Å². The van der Waals surface area contributed by atoms with Crippen LogP contribution < -0.4 is 0 Å². The van der Waals surface area contributed by atoms with Crippen molar-refractivity contribution >= 4 is 34.4 Å². The van der Waals surface area contributed by atoms with Gasteiger partial charge >= 0.3 is 0 Å². The minimum Gasteiger partial charge on any atom is -0.250 e. The average molecular weight is 367 g/mol. The molecule has 6 heteroatoms. The van der Waals surface area contributed by atoms with Crippen LogP contribution in [-0.2, 0) is 7.05 Å². The molecular weight excluding hydrogens is 352 g/mol. The number of fused-ring (bicyclic) bond motifs is 1. The maximum Gasteiger partial charge on any atom is 0.162 e. The van der Waals surface area contributed by atoms with Crippen molar-refractivity contribution in [3.63, 3.8) is 0 Å². The van der Waals surface area contributed by atoms with Gasteiger partial charge in [0.1, 0.15) is 11.4 Å². The highest BCUT2D eigenvalue weighted by Gasteiger charge is 2.19. The van der Waals surface area contributed by atoms with Crippen molar-refractivity contribution in [1.82, 2.24) is 19.7 Å². The fraction of sp³-hybridized carbons (Fsp3) is 0.105. The molecule has 0 fully saturated rings. The second-order valence-electron chi connectivity index (χ2n) is 5.64. The molecule has 0 saturated carbocycles. The second kappa shape index (κ2) is 6.86. The van der Waals surface area contributed by atoms with Gasteiger partial charge in [0.05, 0.1) is 16.8 Å². The monoisotopic (exact) mass is 366 g/mol. The van der Waals surface area contributed by atoms with E-state index >= 15 is 0 Å². The average Bonchev–Trinajstić information content (AvgIpc) is 3.03. The summed E-state index contributed by atoms with van der Waals surface area (Å²) < 4.78 is 1.76. The third-order valence-corrected chi connectivity index (χ3v) is 5.58. The molecule has 1 unspecified atom stereocenters. The molecule has 0 aliphatic heterocycles. The van der Waals surface area contributed by atoms with Crippen LogP contribution >= 0.6 is 23.4 Å². The number of aromatic nitrogens is 4. The van der Waals surface area contributed by atoms with Gasteiger partial charge in [-0.05, 0) is 23.3 Å². The van der Waals surface area contributed by atoms with Crippen LogP contribution in [0.25, 0.3) is 11.0 Å². The summed E-state index contributed by atoms with van der Waals surface area (Å²) in [5.74, 6) is 0. The Morgan fingerprint density at radius 3 is 2.44 bits per heavy atom. The Morgan fingerprint density at radius 2 is 1.68 bits per heavy atom. The number of hydrogen-bond acceptors (Lipinski definition) is 4. The summed E-state index contributed by atoms with van der Waals surface area (Å²) in [4.78, 5) is 8.83. The van der Waals surface area contributed by atoms with Gasteiger partial charge in [0, 0.05) is 12.1 Å². The second-order valence-corrected chi connectivity index (χ2v) is 7.17. The zero-order chi connectivity index (χ0) is 17.2. The molecule has 25 heavy (non-hydrogen) atoms. The summed E-state index contributed by atoms with van der Waals surface area (Å²) in [6, 6.07) is 18.4. The molecule has 1 atom stereocenters. The smallest absolute Gasteiger partial charge is 0.162 e. The Morgan fingerprint density at radius 1 is 0.960 bits per heavy atom. The molecule has 0 aliphatic rings. The lowest BCUT2D eigenvalue weighted by molar-refractivity contribution is 0.784. The first-order valence-corrected chi connectivity index (χ1v) is 9.08. The lowest BCUT2D eigenvalue weighted by Gasteiger charge is -2.17. The van der Waals surface area contributed by atoms with Crippen molar-refractivity contribution < 1.29 is 0 Å². The van der Waals surface area contributed by atoms with E-state index < -0.39 is 0 Å². The van der Waals surface area contributed by atoms with Gasteiger partial charge in [-0.15, -0.1) is 0 Å². The van der Waals surface area contributed by atoms with Gasteiger partial charge < -0.3 is 0 Å². The summed E-state index contributed by atoms with van der Waals surface area (Å²) in [6.07, 6.45) is 3.41. The first kappa shape index (κ1) is 16.1. The quantitative estimate of drug-likeness (QED) is 0.380. The molecule has 0 saturated heterocycles. The normalized spacial score (nSPS) is 12.4. The number of hydrogen-bond donors (Lipinski definition) is 0. The third kappa shape index (κ3) is 3.25. The van der Waals surface area contributed by atoms with E-state index in [-0.39, 0.29) is 5.25 Å². The van der Waals surface area contributed by atoms with E-state index in [1.807, 2.05) is 31.4 Å². The Labute approximate surface area is 154 Å². The lowest BCUT2D eigenvalue weighted by atomic mass is 10.0. The summed E-state index contributed by atoms with van der Waals surface area (Å²) in [7, 11) is 1.89. The summed E-state index contributed by atoms with van der Waals surface area (Å²) in [5, 5.41) is 7.03. The summed E-state index contributed by atoms with van der Waals surface area (Å²) in [5.41, 5.74) is 3.22. The van der Waals surface area contributed by atoms with Gasteiger partial charge in [0.2, 0.25) is 0 Å². The maximum atomic E-state index is 6.06. The van der Waals surface area contributed by atoms with E-state index in [4.69, 9.17) is 11.6 Å². The topological polar surface area (TPSA) is 43.6 Å². The molecule has 0 bridgehead atoms. The molecule has 4 rings (SSSR count). The highest BCUT2D eigenvalue weighted by Crippen LogP contribution is 2.41. The first-order chi connectivity index (χ1) is 12.2. The van der Waals surface area contributed by atoms with E-state index in [1.54, 1.807) is 22.8 Å². The largest absolute Gasteiger partial charge is 0.250 e. The number of thioether (sulfide) groups is 1. The van der Waals surface area contributed by atoms with Crippen LogP contribution in [0.1, 0.15) is 16.4 Å². The number of aryl methyl sites for hydroxylation is 1. The highest BCUT2D eigenvalue weighted by molar-refractivity contribution is 7.99. The van der Waals surface area contributed by atoms with Crippen molar-refractivity contribution in [1.29, 1.82) is 0 Å². The molecule has 2 aromatic carbocycles. The van der Waals surface area contributed by atoms with Crippen LogP contribution in [0.5, 0.6) is 0 Å².